The van der Waals surface area contributed by atoms with Gasteiger partial charge in [0.15, 0.2) is 5.96 Å². The Labute approximate surface area is 174 Å². The number of nitrogens with zero attached hydrogens (tertiary/aromatic N) is 5. The fourth-order valence-corrected chi connectivity index (χ4v) is 4.19. The first-order valence-electron chi connectivity index (χ1n) is 9.78. The van der Waals surface area contributed by atoms with Crippen LogP contribution in [0.1, 0.15) is 12.5 Å². The third-order valence-electron chi connectivity index (χ3n) is 4.61. The smallest absolute Gasteiger partial charge is 0.246 e. The van der Waals surface area contributed by atoms with E-state index in [0.717, 1.165) is 11.3 Å². The second-order valence-electron chi connectivity index (χ2n) is 6.85. The van der Waals surface area contributed by atoms with Crippen LogP contribution in [0.15, 0.2) is 47.7 Å². The summed E-state index contributed by atoms with van der Waals surface area (Å²) in [7, 11) is 0.866. The summed E-state index contributed by atoms with van der Waals surface area (Å²) in [5, 5.41) is 7.39. The minimum absolute atomic E-state index is 0.0162. The molecule has 0 aliphatic carbocycles. The van der Waals surface area contributed by atoms with Crippen molar-refractivity contribution in [2.24, 2.45) is 12.0 Å². The molecule has 29 heavy (non-hydrogen) atoms. The number of aliphatic imine (C=N–C) groups is 1. The number of piperazine rings is 1. The first-order chi connectivity index (χ1) is 14.1. The van der Waals surface area contributed by atoms with Gasteiger partial charge in [0.2, 0.25) is 5.91 Å². The highest BCUT2D eigenvalue weighted by Crippen LogP contribution is 2.16. The Balaban J connectivity index is 1.55. The maximum atomic E-state index is 12.6. The molecule has 0 bridgehead atoms. The van der Waals surface area contributed by atoms with Crippen LogP contribution in [-0.2, 0) is 28.4 Å². The summed E-state index contributed by atoms with van der Waals surface area (Å²) < 4.78 is 14.0. The quantitative estimate of drug-likeness (QED) is 0.538. The lowest BCUT2D eigenvalue weighted by molar-refractivity contribution is -0.120. The molecule has 9 heteroatoms. The van der Waals surface area contributed by atoms with Crippen LogP contribution in [0.2, 0.25) is 0 Å². The Hall–Kier alpha value is -2.68. The largest absolute Gasteiger partial charge is 0.357 e. The Morgan fingerprint density at radius 2 is 2.07 bits per heavy atom. The predicted octanol–water partition coefficient (Wildman–Crippen LogP) is 0.983. The molecule has 1 aromatic carbocycles. The average Bonchev–Trinajstić information content (AvgIpc) is 3.14. The van der Waals surface area contributed by atoms with Gasteiger partial charge >= 0.3 is 0 Å². The highest BCUT2D eigenvalue weighted by Gasteiger charge is 2.27. The van der Waals surface area contributed by atoms with Gasteiger partial charge in [-0.1, -0.05) is 30.3 Å². The van der Waals surface area contributed by atoms with Crippen LogP contribution in [0.4, 0.5) is 5.69 Å². The highest BCUT2D eigenvalue weighted by molar-refractivity contribution is 7.84. The number of hydrogen-bond donors (Lipinski definition) is 1. The van der Waals surface area contributed by atoms with Gasteiger partial charge in [0.05, 0.1) is 18.4 Å². The highest BCUT2D eigenvalue weighted by atomic mass is 32.2. The van der Waals surface area contributed by atoms with Crippen molar-refractivity contribution in [2.45, 2.75) is 12.7 Å². The molecule has 0 radical (unpaired) electrons. The van der Waals surface area contributed by atoms with Crippen molar-refractivity contribution in [2.75, 3.05) is 43.4 Å². The summed E-state index contributed by atoms with van der Waals surface area (Å²) in [4.78, 5) is 20.9. The van der Waals surface area contributed by atoms with Crippen LogP contribution in [0.3, 0.4) is 0 Å². The number of anilines is 1. The molecule has 1 unspecified atom stereocenters. The molecule has 1 amide bonds. The topological polar surface area (TPSA) is 82.8 Å². The summed E-state index contributed by atoms with van der Waals surface area (Å²) in [6.07, 6.45) is 3.55. The molecule has 0 spiro atoms. The van der Waals surface area contributed by atoms with Gasteiger partial charge in [-0.05, 0) is 12.5 Å². The number of carbonyl (C=O) groups excluding carboxylic acids is 1. The van der Waals surface area contributed by atoms with Gasteiger partial charge in [-0.15, -0.1) is 0 Å². The zero-order valence-electron chi connectivity index (χ0n) is 17.0. The Morgan fingerprint density at radius 1 is 1.28 bits per heavy atom. The number of rotatable bonds is 7. The van der Waals surface area contributed by atoms with Gasteiger partial charge in [0.25, 0.3) is 0 Å². The van der Waals surface area contributed by atoms with Gasteiger partial charge in [-0.2, -0.15) is 5.10 Å². The molecule has 2 heterocycles. The number of carbonyl (C=O) groups is 1. The van der Waals surface area contributed by atoms with Crippen LogP contribution in [0.25, 0.3) is 0 Å². The first kappa shape index (κ1) is 21.0. The lowest BCUT2D eigenvalue weighted by atomic mass is 10.2. The second kappa shape index (κ2) is 10.2. The molecule has 1 N–H and O–H groups in total. The Kier molecular flexibility index (Phi) is 7.40. The maximum Gasteiger partial charge on any atom is 0.246 e. The third kappa shape index (κ3) is 5.90. The molecule has 1 aromatic heterocycles. The standard InChI is InChI=1S/C20H28N6O2S/c1-3-21-20(22-9-12-29(28)16-17-7-5-4-6-8-17)25-10-11-26(19(27)15-25)18-13-23-24(2)14-18/h4-8,13-14H,3,9-12,15-16H2,1-2H3,(H,21,22). The van der Waals surface area contributed by atoms with Crippen LogP contribution >= 0.6 is 0 Å². The number of amides is 1. The fourth-order valence-electron chi connectivity index (χ4n) is 3.19. The number of guanidine groups is 1. The zero-order valence-corrected chi connectivity index (χ0v) is 17.8. The molecule has 1 fully saturated rings. The Morgan fingerprint density at radius 3 is 2.72 bits per heavy atom. The van der Waals surface area contributed by atoms with Gasteiger partial charge in [-0.25, -0.2) is 0 Å². The van der Waals surface area contributed by atoms with E-state index >= 15 is 0 Å². The molecule has 8 nitrogen and oxygen atoms in total. The lowest BCUT2D eigenvalue weighted by Gasteiger charge is -2.35. The summed E-state index contributed by atoms with van der Waals surface area (Å²) in [5.74, 6) is 1.74. The number of hydrogen-bond acceptors (Lipinski definition) is 4. The molecule has 1 atom stereocenters. The van der Waals surface area contributed by atoms with Crippen molar-refractivity contribution in [3.63, 3.8) is 0 Å². The number of aryl methyl sites for hydroxylation is 1. The number of nitrogens with one attached hydrogen (secondary N) is 1. The second-order valence-corrected chi connectivity index (χ2v) is 8.43. The van der Waals surface area contributed by atoms with Gasteiger partial charge < -0.3 is 15.1 Å². The van der Waals surface area contributed by atoms with E-state index in [4.69, 9.17) is 0 Å². The average molecular weight is 417 g/mol. The van der Waals surface area contributed by atoms with Gasteiger partial charge in [0.1, 0.15) is 6.54 Å². The molecule has 3 rings (SSSR count). The fraction of sp³-hybridized carbons (Fsp3) is 0.450. The molecular weight excluding hydrogens is 388 g/mol. The monoisotopic (exact) mass is 416 g/mol. The van der Waals surface area contributed by atoms with Gasteiger partial charge in [0, 0.05) is 55.2 Å². The van der Waals surface area contributed by atoms with Crippen LogP contribution in [0.5, 0.6) is 0 Å². The van der Waals surface area contributed by atoms with E-state index in [1.54, 1.807) is 15.8 Å². The molecule has 156 valence electrons. The van der Waals surface area contributed by atoms with E-state index in [0.29, 0.717) is 43.6 Å². The third-order valence-corrected chi connectivity index (χ3v) is 5.90. The van der Waals surface area contributed by atoms with E-state index in [1.165, 1.54) is 0 Å². The summed E-state index contributed by atoms with van der Waals surface area (Å²) in [5.41, 5.74) is 1.88. The van der Waals surface area contributed by atoms with E-state index in [2.05, 4.69) is 15.4 Å². The molecule has 1 aliphatic heterocycles. The van der Waals surface area contributed by atoms with Crippen LogP contribution in [-0.4, -0.2) is 69.2 Å². The Bertz CT molecular complexity index is 867. The van der Waals surface area contributed by atoms with Crippen LogP contribution < -0.4 is 10.2 Å². The minimum Gasteiger partial charge on any atom is -0.357 e. The minimum atomic E-state index is -0.969. The van der Waals surface area contributed by atoms with E-state index in [-0.39, 0.29) is 12.5 Å². The van der Waals surface area contributed by atoms with E-state index in [1.807, 2.05) is 55.4 Å². The van der Waals surface area contributed by atoms with E-state index in [9.17, 15) is 9.00 Å². The SMILES string of the molecule is CCNC(=NCCS(=O)Cc1ccccc1)N1CCN(c2cnn(C)c2)C(=O)C1. The van der Waals surface area contributed by atoms with Gasteiger partial charge in [-0.3, -0.25) is 18.7 Å². The predicted molar refractivity (Wildman–Crippen MR) is 116 cm³/mol. The van der Waals surface area contributed by atoms with Crippen LogP contribution in [0, 0.1) is 0 Å². The van der Waals surface area contributed by atoms with Crippen molar-refractivity contribution < 1.29 is 9.00 Å². The van der Waals surface area contributed by atoms with Crippen molar-refractivity contribution in [1.82, 2.24) is 20.0 Å². The zero-order chi connectivity index (χ0) is 20.6. The van der Waals surface area contributed by atoms with Crippen molar-refractivity contribution in [3.05, 3.63) is 48.3 Å². The first-order valence-corrected chi connectivity index (χ1v) is 11.3. The van der Waals surface area contributed by atoms with E-state index < -0.39 is 10.8 Å². The van der Waals surface area contributed by atoms with Crippen molar-refractivity contribution in [3.8, 4) is 0 Å². The van der Waals surface area contributed by atoms with Crippen molar-refractivity contribution in [1.29, 1.82) is 0 Å². The molecule has 1 aliphatic rings. The number of aromatic nitrogens is 2. The lowest BCUT2D eigenvalue weighted by Crippen LogP contribution is -2.55. The molecular formula is C20H28N6O2S. The summed E-state index contributed by atoms with van der Waals surface area (Å²) >= 11 is 0. The maximum absolute atomic E-state index is 12.6. The number of benzene rings is 1. The molecule has 0 saturated carbocycles. The summed E-state index contributed by atoms with van der Waals surface area (Å²) in [6.45, 7) is 4.68. The molecule has 2 aromatic rings. The van der Waals surface area contributed by atoms with Crippen molar-refractivity contribution >= 4 is 28.4 Å². The summed E-state index contributed by atoms with van der Waals surface area (Å²) in [6, 6.07) is 9.83. The molecule has 1 saturated heterocycles. The normalized spacial score (nSPS) is 16.2.